The van der Waals surface area contributed by atoms with Crippen LogP contribution in [0.1, 0.15) is 0 Å². The molecule has 0 saturated carbocycles. The molecule has 0 radical (unpaired) electrons. The van der Waals surface area contributed by atoms with E-state index in [0.717, 1.165) is 5.69 Å². The number of fused-ring (bicyclic) bond motifs is 1. The Kier molecular flexibility index (Phi) is 1.88. The molecule has 0 saturated heterocycles. The third kappa shape index (κ3) is 1.61. The zero-order chi connectivity index (χ0) is 9.10. The first-order valence-electron chi connectivity index (χ1n) is 3.84. The molecule has 0 aromatic rings. The largest absolute Gasteiger partial charge is 0.430 e. The second-order valence-electron chi connectivity index (χ2n) is 2.51. The first-order valence-corrected chi connectivity index (χ1v) is 3.84. The van der Waals surface area contributed by atoms with Gasteiger partial charge in [-0.2, -0.15) is 0 Å². The van der Waals surface area contributed by atoms with E-state index in [-0.39, 0.29) is 5.63 Å². The summed E-state index contributed by atoms with van der Waals surface area (Å²) in [7, 11) is 0. The van der Waals surface area contributed by atoms with Crippen LogP contribution in [0.2, 0.25) is 0 Å². The van der Waals surface area contributed by atoms with Crippen molar-refractivity contribution >= 4 is 0 Å². The SMILES string of the molecule is O=c1cc2cccc[nH]n-2cco1. The van der Waals surface area contributed by atoms with E-state index in [4.69, 9.17) is 4.42 Å². The highest BCUT2D eigenvalue weighted by atomic mass is 16.4. The van der Waals surface area contributed by atoms with Crippen molar-refractivity contribution in [1.29, 1.82) is 0 Å². The molecule has 0 aromatic heterocycles. The molecule has 0 spiro atoms. The average molecular weight is 176 g/mol. The molecule has 2 aliphatic rings. The summed E-state index contributed by atoms with van der Waals surface area (Å²) in [5.41, 5.74) is 0.367. The van der Waals surface area contributed by atoms with Gasteiger partial charge in [0, 0.05) is 12.3 Å². The second-order valence-corrected chi connectivity index (χ2v) is 2.51. The maximum absolute atomic E-state index is 11.0. The van der Waals surface area contributed by atoms with E-state index >= 15 is 0 Å². The number of hydrogen-bond donors (Lipinski definition) is 1. The summed E-state index contributed by atoms with van der Waals surface area (Å²) >= 11 is 0. The van der Waals surface area contributed by atoms with Gasteiger partial charge in [0.1, 0.15) is 6.26 Å². The van der Waals surface area contributed by atoms with E-state index in [9.17, 15) is 4.79 Å². The monoisotopic (exact) mass is 176 g/mol. The molecule has 2 heterocycles. The van der Waals surface area contributed by atoms with Crippen molar-refractivity contribution < 1.29 is 4.42 Å². The van der Waals surface area contributed by atoms with Crippen LogP contribution in [0.3, 0.4) is 0 Å². The lowest BCUT2D eigenvalue weighted by atomic mass is 10.4. The highest BCUT2D eigenvalue weighted by Gasteiger charge is 1.93. The number of rotatable bonds is 0. The third-order valence-electron chi connectivity index (χ3n) is 1.63. The Balaban J connectivity index is 2.82. The summed E-state index contributed by atoms with van der Waals surface area (Å²) in [6.45, 7) is 0. The number of nitrogens with zero attached hydrogens (tertiary/aromatic N) is 1. The van der Waals surface area contributed by atoms with Crippen molar-refractivity contribution in [3.63, 3.8) is 0 Å². The molecular weight excluding hydrogens is 168 g/mol. The van der Waals surface area contributed by atoms with Gasteiger partial charge in [-0.3, -0.25) is 4.68 Å². The Morgan fingerprint density at radius 2 is 2.31 bits per heavy atom. The highest BCUT2D eigenvalue weighted by molar-refractivity contribution is 5.26. The van der Waals surface area contributed by atoms with Gasteiger partial charge < -0.3 is 9.52 Å². The fourth-order valence-corrected chi connectivity index (χ4v) is 1.05. The van der Waals surface area contributed by atoms with Crippen molar-refractivity contribution in [1.82, 2.24) is 9.78 Å². The lowest BCUT2D eigenvalue weighted by molar-refractivity contribution is 0.515. The smallest absolute Gasteiger partial charge is 0.337 e. The minimum Gasteiger partial charge on any atom is -0.430 e. The first kappa shape index (κ1) is 7.67. The van der Waals surface area contributed by atoms with Gasteiger partial charge in [-0.15, -0.1) is 0 Å². The van der Waals surface area contributed by atoms with E-state index in [1.165, 1.54) is 12.3 Å². The first-order chi connectivity index (χ1) is 6.36. The van der Waals surface area contributed by atoms with Crippen LogP contribution in [0, 0.1) is 0 Å². The maximum Gasteiger partial charge on any atom is 0.337 e. The lowest BCUT2D eigenvalue weighted by Crippen LogP contribution is -1.97. The quantitative estimate of drug-likeness (QED) is 0.658. The Bertz CT molecular complexity index is 465. The van der Waals surface area contributed by atoms with Gasteiger partial charge >= 0.3 is 5.63 Å². The fourth-order valence-electron chi connectivity index (χ4n) is 1.05. The van der Waals surface area contributed by atoms with Crippen molar-refractivity contribution in [2.75, 3.05) is 0 Å². The molecule has 0 bridgehead atoms. The van der Waals surface area contributed by atoms with Crippen LogP contribution in [0.15, 0.2) is 52.1 Å². The molecule has 66 valence electrons. The van der Waals surface area contributed by atoms with Crippen molar-refractivity contribution in [2.24, 2.45) is 0 Å². The Labute approximate surface area is 74.1 Å². The van der Waals surface area contributed by atoms with E-state index in [1.807, 2.05) is 18.2 Å². The standard InChI is InChI=1S/C9H8N2O2/c12-9-7-8-3-1-2-4-10-11(8)5-6-13-9/h1-7,10H. The van der Waals surface area contributed by atoms with E-state index in [2.05, 4.69) is 5.10 Å². The van der Waals surface area contributed by atoms with Gasteiger partial charge in [0.2, 0.25) is 0 Å². The summed E-state index contributed by atoms with van der Waals surface area (Å²) in [5.74, 6) is 0. The summed E-state index contributed by atoms with van der Waals surface area (Å²) in [5, 5.41) is 2.95. The second kappa shape index (κ2) is 3.18. The average Bonchev–Trinajstić information content (AvgIpc) is 2.38. The van der Waals surface area contributed by atoms with E-state index < -0.39 is 0 Å². The van der Waals surface area contributed by atoms with Crippen molar-refractivity contribution in [3.8, 4) is 5.69 Å². The Hall–Kier alpha value is -1.97. The predicted molar refractivity (Wildman–Crippen MR) is 47.5 cm³/mol. The highest BCUT2D eigenvalue weighted by Crippen LogP contribution is 1.99. The fraction of sp³-hybridized carbons (Fsp3) is 0. The topological polar surface area (TPSA) is 50.9 Å². The number of nitrogens with one attached hydrogen (secondary N) is 1. The van der Waals surface area contributed by atoms with Gasteiger partial charge in [0.15, 0.2) is 0 Å². The summed E-state index contributed by atoms with van der Waals surface area (Å²) in [6, 6.07) is 6.91. The van der Waals surface area contributed by atoms with Crippen LogP contribution in [0.25, 0.3) is 5.69 Å². The molecule has 0 fully saturated rings. The maximum atomic E-state index is 11.0. The minimum absolute atomic E-state index is 0.373. The van der Waals surface area contributed by atoms with Gasteiger partial charge in [0.25, 0.3) is 0 Å². The summed E-state index contributed by atoms with van der Waals surface area (Å²) in [6.07, 6.45) is 4.74. The predicted octanol–water partition coefficient (Wildman–Crippen LogP) is 1.32. The van der Waals surface area contributed by atoms with E-state index in [1.54, 1.807) is 17.1 Å². The zero-order valence-corrected chi connectivity index (χ0v) is 6.81. The van der Waals surface area contributed by atoms with Crippen LogP contribution in [0.5, 0.6) is 0 Å². The van der Waals surface area contributed by atoms with Gasteiger partial charge in [-0.1, -0.05) is 6.07 Å². The van der Waals surface area contributed by atoms with Crippen LogP contribution in [0.4, 0.5) is 0 Å². The van der Waals surface area contributed by atoms with Crippen LogP contribution in [-0.4, -0.2) is 9.78 Å². The van der Waals surface area contributed by atoms with Crippen molar-refractivity contribution in [3.05, 3.63) is 53.3 Å². The molecule has 0 unspecified atom stereocenters. The molecular formula is C9H8N2O2. The molecule has 0 aliphatic carbocycles. The van der Waals surface area contributed by atoms with E-state index in [0.29, 0.717) is 0 Å². The Morgan fingerprint density at radius 3 is 3.23 bits per heavy atom. The van der Waals surface area contributed by atoms with Crippen LogP contribution < -0.4 is 5.63 Å². The number of H-pyrrole nitrogens is 1. The molecule has 1 N–H and O–H groups in total. The summed E-state index contributed by atoms with van der Waals surface area (Å²) < 4.78 is 6.39. The van der Waals surface area contributed by atoms with Gasteiger partial charge in [-0.25, -0.2) is 4.79 Å². The molecule has 4 nitrogen and oxygen atoms in total. The molecule has 0 aromatic carbocycles. The Morgan fingerprint density at radius 1 is 1.38 bits per heavy atom. The molecule has 2 aliphatic heterocycles. The zero-order valence-electron chi connectivity index (χ0n) is 6.81. The van der Waals surface area contributed by atoms with Gasteiger partial charge in [-0.05, 0) is 12.1 Å². The van der Waals surface area contributed by atoms with Gasteiger partial charge in [0.05, 0.1) is 11.9 Å². The number of aromatic amines is 1. The molecule has 0 amide bonds. The van der Waals surface area contributed by atoms with Crippen molar-refractivity contribution in [2.45, 2.75) is 0 Å². The van der Waals surface area contributed by atoms with Crippen LogP contribution in [-0.2, 0) is 0 Å². The minimum atomic E-state index is -0.373. The van der Waals surface area contributed by atoms with Crippen LogP contribution >= 0.6 is 0 Å². The summed E-state index contributed by atoms with van der Waals surface area (Å²) in [4.78, 5) is 11.0. The number of aromatic nitrogens is 2. The normalized spacial score (nSPS) is 9.85. The number of hydrogen-bond acceptors (Lipinski definition) is 2. The lowest BCUT2D eigenvalue weighted by Gasteiger charge is -1.97. The molecule has 13 heavy (non-hydrogen) atoms. The molecule has 0 atom stereocenters. The molecule has 2 rings (SSSR count). The molecule has 4 heteroatoms. The third-order valence-corrected chi connectivity index (χ3v) is 1.63.